The van der Waals surface area contributed by atoms with Crippen LogP contribution in [0.2, 0.25) is 0 Å². The summed E-state index contributed by atoms with van der Waals surface area (Å²) in [4.78, 5) is 0.187. The fraction of sp³-hybridized carbons (Fsp3) is 0.500. The lowest BCUT2D eigenvalue weighted by Gasteiger charge is -2.12. The molecule has 0 aliphatic heterocycles. The molecule has 0 spiro atoms. The van der Waals surface area contributed by atoms with E-state index in [-0.39, 0.29) is 29.9 Å². The van der Waals surface area contributed by atoms with Gasteiger partial charge >= 0.3 is 0 Å². The maximum atomic E-state index is 11.9. The first-order valence-electron chi connectivity index (χ1n) is 5.94. The Labute approximate surface area is 126 Å². The molecule has 1 atom stereocenters. The molecule has 20 heavy (non-hydrogen) atoms. The minimum atomic E-state index is -3.52. The standard InChI is InChI=1S/C12H20N2O4S.ClH/c1-10(9-13)14-19(15,16)12-5-3-11(4-6-12)18-8-7-17-2;/h3-6,10,14H,7-9,13H2,1-2H3;1H/t10-;/m1./s1. The van der Waals surface area contributed by atoms with Gasteiger partial charge in [-0.3, -0.25) is 0 Å². The zero-order valence-electron chi connectivity index (χ0n) is 11.5. The molecule has 1 rings (SSSR count). The van der Waals surface area contributed by atoms with Crippen molar-refractivity contribution in [2.45, 2.75) is 17.9 Å². The molecule has 0 saturated heterocycles. The van der Waals surface area contributed by atoms with Crippen LogP contribution in [-0.4, -0.2) is 41.3 Å². The van der Waals surface area contributed by atoms with Crippen LogP contribution >= 0.6 is 12.4 Å². The molecule has 1 aromatic carbocycles. The molecule has 0 unspecified atom stereocenters. The average molecular weight is 325 g/mol. The van der Waals surface area contributed by atoms with Gasteiger partial charge in [0.1, 0.15) is 12.4 Å². The second-order valence-electron chi connectivity index (χ2n) is 4.07. The SMILES string of the molecule is COCCOc1ccc(S(=O)(=O)N[C@H](C)CN)cc1.Cl. The Morgan fingerprint density at radius 3 is 2.35 bits per heavy atom. The number of ether oxygens (including phenoxy) is 2. The summed E-state index contributed by atoms with van der Waals surface area (Å²) in [5.41, 5.74) is 5.39. The van der Waals surface area contributed by atoms with Crippen LogP contribution in [0.4, 0.5) is 0 Å². The van der Waals surface area contributed by atoms with E-state index in [9.17, 15) is 8.42 Å². The van der Waals surface area contributed by atoms with Gasteiger partial charge in [0.15, 0.2) is 0 Å². The summed E-state index contributed by atoms with van der Waals surface area (Å²) in [5, 5.41) is 0. The van der Waals surface area contributed by atoms with Crippen molar-refractivity contribution in [2.75, 3.05) is 26.9 Å². The maximum absolute atomic E-state index is 11.9. The number of nitrogens with one attached hydrogen (secondary N) is 1. The fourth-order valence-corrected chi connectivity index (χ4v) is 2.60. The lowest BCUT2D eigenvalue weighted by Crippen LogP contribution is -2.37. The lowest BCUT2D eigenvalue weighted by atomic mass is 10.3. The summed E-state index contributed by atoms with van der Waals surface area (Å²) in [7, 11) is -1.94. The number of benzene rings is 1. The second-order valence-corrected chi connectivity index (χ2v) is 5.78. The van der Waals surface area contributed by atoms with Crippen molar-refractivity contribution in [3.63, 3.8) is 0 Å². The van der Waals surface area contributed by atoms with E-state index in [1.165, 1.54) is 12.1 Å². The summed E-state index contributed by atoms with van der Waals surface area (Å²) in [6, 6.07) is 5.90. The molecular weight excluding hydrogens is 304 g/mol. The van der Waals surface area contributed by atoms with E-state index in [1.54, 1.807) is 26.2 Å². The number of halogens is 1. The highest BCUT2D eigenvalue weighted by Gasteiger charge is 2.16. The molecule has 0 saturated carbocycles. The molecule has 0 amide bonds. The Kier molecular flexibility index (Phi) is 8.75. The van der Waals surface area contributed by atoms with Crippen molar-refractivity contribution >= 4 is 22.4 Å². The van der Waals surface area contributed by atoms with Crippen molar-refractivity contribution in [1.82, 2.24) is 4.72 Å². The van der Waals surface area contributed by atoms with E-state index >= 15 is 0 Å². The van der Waals surface area contributed by atoms with E-state index in [2.05, 4.69) is 4.72 Å². The average Bonchev–Trinajstić information content (AvgIpc) is 2.39. The third-order valence-corrected chi connectivity index (χ3v) is 4.01. The van der Waals surface area contributed by atoms with Gasteiger partial charge in [-0.2, -0.15) is 0 Å². The van der Waals surface area contributed by atoms with E-state index in [0.29, 0.717) is 19.0 Å². The van der Waals surface area contributed by atoms with Crippen LogP contribution in [-0.2, 0) is 14.8 Å². The number of rotatable bonds is 8. The van der Waals surface area contributed by atoms with Crippen LogP contribution in [0.25, 0.3) is 0 Å². The van der Waals surface area contributed by atoms with Crippen LogP contribution in [0.3, 0.4) is 0 Å². The van der Waals surface area contributed by atoms with Crippen molar-refractivity contribution in [2.24, 2.45) is 5.73 Å². The third-order valence-electron chi connectivity index (χ3n) is 2.40. The highest BCUT2D eigenvalue weighted by atomic mass is 35.5. The number of sulfonamides is 1. The molecule has 0 bridgehead atoms. The van der Waals surface area contributed by atoms with Crippen LogP contribution in [0, 0.1) is 0 Å². The summed E-state index contributed by atoms with van der Waals surface area (Å²) in [6.45, 7) is 2.86. The first-order chi connectivity index (χ1) is 8.99. The van der Waals surface area contributed by atoms with Crippen molar-refractivity contribution in [3.05, 3.63) is 24.3 Å². The molecule has 0 aromatic heterocycles. The van der Waals surface area contributed by atoms with Crippen LogP contribution in [0.5, 0.6) is 5.75 Å². The van der Waals surface area contributed by atoms with Crippen LogP contribution in [0.15, 0.2) is 29.2 Å². The Hall–Kier alpha value is -0.860. The number of hydrogen-bond donors (Lipinski definition) is 2. The molecular formula is C12H21ClN2O4S. The zero-order chi connectivity index (χ0) is 14.3. The minimum Gasteiger partial charge on any atom is -0.491 e. The topological polar surface area (TPSA) is 90.6 Å². The zero-order valence-corrected chi connectivity index (χ0v) is 13.2. The second kappa shape index (κ2) is 9.15. The molecule has 0 radical (unpaired) electrons. The Bertz CT molecular complexity index is 479. The van der Waals surface area contributed by atoms with Crippen LogP contribution in [0.1, 0.15) is 6.92 Å². The Morgan fingerprint density at radius 2 is 1.85 bits per heavy atom. The van der Waals surface area contributed by atoms with Gasteiger partial charge in [-0.25, -0.2) is 13.1 Å². The van der Waals surface area contributed by atoms with Gasteiger partial charge in [-0.05, 0) is 31.2 Å². The van der Waals surface area contributed by atoms with E-state index in [0.717, 1.165) is 0 Å². The van der Waals surface area contributed by atoms with Gasteiger partial charge in [0.05, 0.1) is 11.5 Å². The first kappa shape index (κ1) is 19.1. The van der Waals surface area contributed by atoms with Gasteiger partial charge in [-0.1, -0.05) is 0 Å². The number of methoxy groups -OCH3 is 1. The molecule has 0 aliphatic rings. The van der Waals surface area contributed by atoms with Gasteiger partial charge in [0.2, 0.25) is 10.0 Å². The molecule has 0 aliphatic carbocycles. The summed E-state index contributed by atoms with van der Waals surface area (Å²) in [5.74, 6) is 0.600. The largest absolute Gasteiger partial charge is 0.491 e. The summed E-state index contributed by atoms with van der Waals surface area (Å²) >= 11 is 0. The first-order valence-corrected chi connectivity index (χ1v) is 7.42. The van der Waals surface area contributed by atoms with Gasteiger partial charge in [0.25, 0.3) is 0 Å². The highest BCUT2D eigenvalue weighted by molar-refractivity contribution is 7.89. The summed E-state index contributed by atoms with van der Waals surface area (Å²) in [6.07, 6.45) is 0. The molecule has 6 nitrogen and oxygen atoms in total. The fourth-order valence-electron chi connectivity index (χ4n) is 1.34. The molecule has 0 heterocycles. The Morgan fingerprint density at radius 1 is 1.25 bits per heavy atom. The smallest absolute Gasteiger partial charge is 0.240 e. The molecule has 3 N–H and O–H groups in total. The third kappa shape index (κ3) is 6.06. The number of nitrogens with two attached hydrogens (primary N) is 1. The van der Waals surface area contributed by atoms with E-state index < -0.39 is 10.0 Å². The predicted molar refractivity (Wildman–Crippen MR) is 79.9 cm³/mol. The minimum absolute atomic E-state index is 0. The normalized spacial score (nSPS) is 12.6. The van der Waals surface area contributed by atoms with Gasteiger partial charge < -0.3 is 15.2 Å². The van der Waals surface area contributed by atoms with Gasteiger partial charge in [0, 0.05) is 19.7 Å². The highest BCUT2D eigenvalue weighted by Crippen LogP contribution is 2.16. The molecule has 0 fully saturated rings. The van der Waals surface area contributed by atoms with E-state index in [4.69, 9.17) is 15.2 Å². The molecule has 1 aromatic rings. The van der Waals surface area contributed by atoms with E-state index in [1.807, 2.05) is 0 Å². The predicted octanol–water partition coefficient (Wildman–Crippen LogP) is 0.759. The monoisotopic (exact) mass is 324 g/mol. The molecule has 116 valence electrons. The van der Waals surface area contributed by atoms with Crippen LogP contribution < -0.4 is 15.2 Å². The maximum Gasteiger partial charge on any atom is 0.240 e. The Balaban J connectivity index is 0.00000361. The summed E-state index contributed by atoms with van der Waals surface area (Å²) < 4.78 is 36.6. The van der Waals surface area contributed by atoms with Crippen molar-refractivity contribution in [1.29, 1.82) is 0 Å². The van der Waals surface area contributed by atoms with Crippen molar-refractivity contribution in [3.8, 4) is 5.75 Å². The lowest BCUT2D eigenvalue weighted by molar-refractivity contribution is 0.146. The van der Waals surface area contributed by atoms with Crippen molar-refractivity contribution < 1.29 is 17.9 Å². The van der Waals surface area contributed by atoms with Gasteiger partial charge in [-0.15, -0.1) is 12.4 Å². The number of hydrogen-bond acceptors (Lipinski definition) is 5. The molecule has 8 heteroatoms. The quantitative estimate of drug-likeness (QED) is 0.689.